The number of aromatic nitrogens is 1. The van der Waals surface area contributed by atoms with Crippen molar-refractivity contribution in [3.05, 3.63) is 74.4 Å². The van der Waals surface area contributed by atoms with Crippen molar-refractivity contribution in [2.45, 2.75) is 0 Å². The molecule has 0 radical (unpaired) electrons. The molecule has 3 rings (SSSR count). The normalized spacial score (nSPS) is 10.6. The van der Waals surface area contributed by atoms with Crippen LogP contribution in [0.4, 0.5) is 5.69 Å². The average Bonchev–Trinajstić information content (AvgIpc) is 2.54. The van der Waals surface area contributed by atoms with Crippen molar-refractivity contribution in [2.75, 3.05) is 0 Å². The molecular formula is C16H10N2O5. The Morgan fingerprint density at radius 1 is 1.13 bits per heavy atom. The molecule has 2 aromatic carbocycles. The number of carboxylic acids is 1. The van der Waals surface area contributed by atoms with Gasteiger partial charge < -0.3 is 10.1 Å². The Hall–Kier alpha value is -3.48. The van der Waals surface area contributed by atoms with E-state index < -0.39 is 10.9 Å². The third-order valence-electron chi connectivity index (χ3n) is 3.46. The average molecular weight is 310 g/mol. The Balaban J connectivity index is 2.29. The lowest BCUT2D eigenvalue weighted by Gasteiger charge is -2.07. The zero-order valence-corrected chi connectivity index (χ0v) is 11.6. The van der Waals surface area contributed by atoms with E-state index in [1.807, 2.05) is 0 Å². The number of benzene rings is 2. The van der Waals surface area contributed by atoms with Gasteiger partial charge in [-0.15, -0.1) is 0 Å². The van der Waals surface area contributed by atoms with Gasteiger partial charge in [0.1, 0.15) is 0 Å². The summed E-state index contributed by atoms with van der Waals surface area (Å²) in [4.78, 5) is 36.7. The minimum absolute atomic E-state index is 0.0353. The van der Waals surface area contributed by atoms with Crippen LogP contribution in [-0.4, -0.2) is 21.0 Å². The zero-order valence-electron chi connectivity index (χ0n) is 11.6. The highest BCUT2D eigenvalue weighted by atomic mass is 16.6. The quantitative estimate of drug-likeness (QED) is 0.570. The van der Waals surface area contributed by atoms with Crippen LogP contribution in [0.5, 0.6) is 0 Å². The molecule has 0 fully saturated rings. The monoisotopic (exact) mass is 310 g/mol. The number of aromatic amines is 1. The fraction of sp³-hybridized carbons (Fsp3) is 0. The van der Waals surface area contributed by atoms with E-state index >= 15 is 0 Å². The van der Waals surface area contributed by atoms with E-state index in [1.54, 1.807) is 6.07 Å². The number of nitro groups is 1. The Labute approximate surface area is 129 Å². The number of pyridine rings is 1. The number of nitro benzene ring substituents is 1. The summed E-state index contributed by atoms with van der Waals surface area (Å²) in [7, 11) is 0. The number of hydrogen-bond acceptors (Lipinski definition) is 4. The molecule has 3 aromatic rings. The summed E-state index contributed by atoms with van der Waals surface area (Å²) >= 11 is 0. The number of hydrogen-bond donors (Lipinski definition) is 2. The van der Waals surface area contributed by atoms with Crippen molar-refractivity contribution in [1.29, 1.82) is 0 Å². The summed E-state index contributed by atoms with van der Waals surface area (Å²) in [6, 6.07) is 11.5. The van der Waals surface area contributed by atoms with Crippen LogP contribution in [-0.2, 0) is 0 Å². The van der Waals surface area contributed by atoms with Gasteiger partial charge in [0, 0.05) is 34.8 Å². The molecule has 0 aliphatic rings. The lowest BCUT2D eigenvalue weighted by molar-refractivity contribution is -0.384. The second kappa shape index (κ2) is 5.38. The molecule has 0 aliphatic carbocycles. The first-order valence-corrected chi connectivity index (χ1v) is 6.61. The van der Waals surface area contributed by atoms with E-state index in [0.29, 0.717) is 11.3 Å². The van der Waals surface area contributed by atoms with Crippen molar-refractivity contribution < 1.29 is 14.8 Å². The molecule has 0 bridgehead atoms. The number of non-ortho nitro benzene ring substituents is 1. The molecule has 0 saturated heterocycles. The van der Waals surface area contributed by atoms with Gasteiger partial charge in [0.05, 0.1) is 16.0 Å². The Morgan fingerprint density at radius 2 is 1.87 bits per heavy atom. The van der Waals surface area contributed by atoms with E-state index in [2.05, 4.69) is 4.98 Å². The van der Waals surface area contributed by atoms with Crippen LogP contribution in [0, 0.1) is 10.1 Å². The molecule has 0 saturated carbocycles. The van der Waals surface area contributed by atoms with Crippen LogP contribution in [0.15, 0.2) is 53.3 Å². The number of aromatic carboxylic acids is 1. The summed E-state index contributed by atoms with van der Waals surface area (Å²) in [5.41, 5.74) is 0.428. The van der Waals surface area contributed by atoms with Crippen LogP contribution < -0.4 is 5.43 Å². The SMILES string of the molecule is O=C(O)c1cccc2c(=O)cc(-c3cccc([N+](=O)[O-])c3)[nH]c12. The maximum atomic E-state index is 12.2. The molecule has 0 spiro atoms. The number of carbonyl (C=O) groups is 1. The maximum absolute atomic E-state index is 12.2. The molecule has 0 aliphatic heterocycles. The fourth-order valence-corrected chi connectivity index (χ4v) is 2.39. The number of nitrogens with zero attached hydrogens (tertiary/aromatic N) is 1. The molecule has 2 N–H and O–H groups in total. The topological polar surface area (TPSA) is 113 Å². The van der Waals surface area contributed by atoms with Crippen LogP contribution in [0.1, 0.15) is 10.4 Å². The summed E-state index contributed by atoms with van der Waals surface area (Å²) in [5.74, 6) is -1.16. The molecule has 23 heavy (non-hydrogen) atoms. The number of carboxylic acid groups (broad SMARTS) is 1. The summed E-state index contributed by atoms with van der Waals surface area (Å²) in [5, 5.41) is 20.4. The van der Waals surface area contributed by atoms with Gasteiger partial charge in [-0.1, -0.05) is 18.2 Å². The summed E-state index contributed by atoms with van der Waals surface area (Å²) in [6.45, 7) is 0. The number of fused-ring (bicyclic) bond motifs is 1. The molecule has 1 aromatic heterocycles. The van der Waals surface area contributed by atoms with E-state index in [4.69, 9.17) is 0 Å². The minimum Gasteiger partial charge on any atom is -0.478 e. The first-order valence-electron chi connectivity index (χ1n) is 6.61. The van der Waals surface area contributed by atoms with Crippen LogP contribution in [0.25, 0.3) is 22.2 Å². The van der Waals surface area contributed by atoms with Gasteiger partial charge in [-0.3, -0.25) is 14.9 Å². The van der Waals surface area contributed by atoms with Crippen LogP contribution in [0.2, 0.25) is 0 Å². The number of H-pyrrole nitrogens is 1. The van der Waals surface area contributed by atoms with E-state index in [1.165, 1.54) is 42.5 Å². The van der Waals surface area contributed by atoms with Gasteiger partial charge in [-0.2, -0.15) is 0 Å². The predicted molar refractivity (Wildman–Crippen MR) is 83.6 cm³/mol. The maximum Gasteiger partial charge on any atom is 0.337 e. The second-order valence-electron chi connectivity index (χ2n) is 4.89. The number of rotatable bonds is 3. The van der Waals surface area contributed by atoms with E-state index in [-0.39, 0.29) is 27.6 Å². The smallest absolute Gasteiger partial charge is 0.337 e. The zero-order chi connectivity index (χ0) is 16.6. The van der Waals surface area contributed by atoms with Crippen molar-refractivity contribution >= 4 is 22.6 Å². The summed E-state index contributed by atoms with van der Waals surface area (Å²) in [6.07, 6.45) is 0. The third-order valence-corrected chi connectivity index (χ3v) is 3.46. The molecule has 7 nitrogen and oxygen atoms in total. The van der Waals surface area contributed by atoms with E-state index in [9.17, 15) is 24.8 Å². The largest absolute Gasteiger partial charge is 0.478 e. The Bertz CT molecular complexity index is 1010. The molecular weight excluding hydrogens is 300 g/mol. The van der Waals surface area contributed by atoms with Gasteiger partial charge in [0.2, 0.25) is 0 Å². The standard InChI is InChI=1S/C16H10N2O5/c19-14-8-13(9-3-1-4-10(7-9)18(22)23)17-15-11(14)5-2-6-12(15)16(20)21/h1-8H,(H,17,19)(H,20,21). The van der Waals surface area contributed by atoms with Gasteiger partial charge >= 0.3 is 5.97 Å². The van der Waals surface area contributed by atoms with E-state index in [0.717, 1.165) is 0 Å². The predicted octanol–water partition coefficient (Wildman–Crippen LogP) is 2.80. The van der Waals surface area contributed by atoms with Gasteiger partial charge in [0.25, 0.3) is 5.69 Å². The number of para-hydroxylation sites is 1. The highest BCUT2D eigenvalue weighted by molar-refractivity contribution is 6.02. The molecule has 1 heterocycles. The highest BCUT2D eigenvalue weighted by Gasteiger charge is 2.13. The minimum atomic E-state index is -1.16. The van der Waals surface area contributed by atoms with Gasteiger partial charge in [-0.25, -0.2) is 4.79 Å². The molecule has 114 valence electrons. The van der Waals surface area contributed by atoms with Crippen molar-refractivity contribution in [2.24, 2.45) is 0 Å². The second-order valence-corrected chi connectivity index (χ2v) is 4.89. The van der Waals surface area contributed by atoms with Crippen molar-refractivity contribution in [3.8, 4) is 11.3 Å². The first kappa shape index (κ1) is 14.5. The Kier molecular flexibility index (Phi) is 3.38. The van der Waals surface area contributed by atoms with Gasteiger partial charge in [-0.05, 0) is 12.1 Å². The number of nitrogens with one attached hydrogen (secondary N) is 1. The van der Waals surface area contributed by atoms with Crippen LogP contribution >= 0.6 is 0 Å². The first-order chi connectivity index (χ1) is 11.0. The Morgan fingerprint density at radius 3 is 2.57 bits per heavy atom. The fourth-order valence-electron chi connectivity index (χ4n) is 2.39. The lowest BCUT2D eigenvalue weighted by atomic mass is 10.1. The molecule has 0 amide bonds. The molecule has 0 unspecified atom stereocenters. The summed E-state index contributed by atoms with van der Waals surface area (Å²) < 4.78 is 0. The van der Waals surface area contributed by atoms with Crippen LogP contribution in [0.3, 0.4) is 0 Å². The molecule has 0 atom stereocenters. The van der Waals surface area contributed by atoms with Gasteiger partial charge in [0.15, 0.2) is 5.43 Å². The van der Waals surface area contributed by atoms with Crippen molar-refractivity contribution in [3.63, 3.8) is 0 Å². The highest BCUT2D eigenvalue weighted by Crippen LogP contribution is 2.24. The molecule has 7 heteroatoms. The third kappa shape index (κ3) is 2.55. The lowest BCUT2D eigenvalue weighted by Crippen LogP contribution is -2.07. The van der Waals surface area contributed by atoms with Crippen molar-refractivity contribution in [1.82, 2.24) is 4.98 Å².